The number of carbonyl (C=O) groups excluding carboxylic acids is 1. The topological polar surface area (TPSA) is 73.6 Å². The standard InChI is InChI=1S/C23H27FN2O3/c24-15-23(8-9-23)22(27)26-19-3-1-2-16(13-19)17-4-5-21(18(12-17)14-25)29-20-6-10-28-11-7-20/h1-5,12-13,20H,6-11,14-15,25H2,(H,26,27). The Labute approximate surface area is 170 Å². The number of carbonyl (C=O) groups is 1. The highest BCUT2D eigenvalue weighted by molar-refractivity contribution is 5.97. The quantitative estimate of drug-likeness (QED) is 0.738. The average Bonchev–Trinajstić information content (AvgIpc) is 3.56. The van der Waals surface area contributed by atoms with E-state index in [1.54, 1.807) is 0 Å². The first-order valence-electron chi connectivity index (χ1n) is 10.2. The van der Waals surface area contributed by atoms with Crippen LogP contribution in [0.5, 0.6) is 5.75 Å². The van der Waals surface area contributed by atoms with Crippen LogP contribution < -0.4 is 15.8 Å². The van der Waals surface area contributed by atoms with Crippen LogP contribution in [0.1, 0.15) is 31.2 Å². The summed E-state index contributed by atoms with van der Waals surface area (Å²) in [4.78, 5) is 12.3. The number of ether oxygens (including phenoxy) is 2. The van der Waals surface area contributed by atoms with E-state index in [-0.39, 0.29) is 12.0 Å². The van der Waals surface area contributed by atoms with Crippen molar-refractivity contribution in [3.63, 3.8) is 0 Å². The van der Waals surface area contributed by atoms with Gasteiger partial charge in [0.2, 0.25) is 5.91 Å². The molecule has 29 heavy (non-hydrogen) atoms. The molecule has 0 bridgehead atoms. The summed E-state index contributed by atoms with van der Waals surface area (Å²) < 4.78 is 24.7. The van der Waals surface area contributed by atoms with Gasteiger partial charge in [0, 0.05) is 30.6 Å². The molecule has 0 radical (unpaired) electrons. The van der Waals surface area contributed by atoms with E-state index in [1.807, 2.05) is 42.5 Å². The number of hydrogen-bond donors (Lipinski definition) is 2. The van der Waals surface area contributed by atoms with Crippen LogP contribution in [-0.4, -0.2) is 31.9 Å². The number of benzene rings is 2. The maximum atomic E-state index is 13.1. The van der Waals surface area contributed by atoms with Gasteiger partial charge >= 0.3 is 0 Å². The molecule has 0 unspecified atom stereocenters. The Bertz CT molecular complexity index is 876. The number of amides is 1. The first-order valence-corrected chi connectivity index (χ1v) is 10.2. The Kier molecular flexibility index (Phi) is 5.83. The SMILES string of the molecule is NCc1cc(-c2cccc(NC(=O)C3(CF)CC3)c2)ccc1OC1CCOCC1. The fourth-order valence-corrected chi connectivity index (χ4v) is 3.62. The lowest BCUT2D eigenvalue weighted by atomic mass is 10.0. The molecule has 2 aromatic carbocycles. The van der Waals surface area contributed by atoms with Gasteiger partial charge in [-0.25, -0.2) is 4.39 Å². The third-order valence-corrected chi connectivity index (χ3v) is 5.79. The number of rotatable bonds is 7. The van der Waals surface area contributed by atoms with Crippen molar-refractivity contribution in [2.45, 2.75) is 38.3 Å². The van der Waals surface area contributed by atoms with Gasteiger partial charge in [-0.2, -0.15) is 0 Å². The summed E-state index contributed by atoms with van der Waals surface area (Å²) in [6, 6.07) is 13.6. The summed E-state index contributed by atoms with van der Waals surface area (Å²) in [7, 11) is 0. The number of alkyl halides is 1. The molecule has 1 aliphatic heterocycles. The number of nitrogens with two attached hydrogens (primary N) is 1. The van der Waals surface area contributed by atoms with Crippen molar-refractivity contribution in [3.8, 4) is 16.9 Å². The summed E-state index contributed by atoms with van der Waals surface area (Å²) in [5.41, 5.74) is 8.72. The zero-order valence-electron chi connectivity index (χ0n) is 16.5. The molecule has 1 heterocycles. The molecule has 0 spiro atoms. The lowest BCUT2D eigenvalue weighted by molar-refractivity contribution is -0.121. The normalized spacial score (nSPS) is 18.3. The molecule has 5 nitrogen and oxygen atoms in total. The van der Waals surface area contributed by atoms with Gasteiger partial charge in [-0.1, -0.05) is 18.2 Å². The molecule has 1 aliphatic carbocycles. The largest absolute Gasteiger partial charge is 0.490 e. The molecular formula is C23H27FN2O3. The molecule has 2 aliphatic rings. The third-order valence-electron chi connectivity index (χ3n) is 5.79. The van der Waals surface area contributed by atoms with Crippen molar-refractivity contribution in [1.29, 1.82) is 0 Å². The van der Waals surface area contributed by atoms with Gasteiger partial charge < -0.3 is 20.5 Å². The van der Waals surface area contributed by atoms with E-state index < -0.39 is 12.1 Å². The zero-order chi connectivity index (χ0) is 20.3. The molecule has 1 saturated heterocycles. The van der Waals surface area contributed by atoms with Gasteiger partial charge in [-0.05, 0) is 48.2 Å². The van der Waals surface area contributed by atoms with Crippen molar-refractivity contribution in [1.82, 2.24) is 0 Å². The average molecular weight is 398 g/mol. The van der Waals surface area contributed by atoms with E-state index >= 15 is 0 Å². The molecule has 6 heteroatoms. The smallest absolute Gasteiger partial charge is 0.233 e. The molecule has 1 amide bonds. The van der Waals surface area contributed by atoms with Crippen molar-refractivity contribution in [2.24, 2.45) is 11.1 Å². The number of halogens is 1. The van der Waals surface area contributed by atoms with Crippen molar-refractivity contribution in [2.75, 3.05) is 25.2 Å². The lowest BCUT2D eigenvalue weighted by Gasteiger charge is -2.24. The highest BCUT2D eigenvalue weighted by Gasteiger charge is 2.50. The maximum absolute atomic E-state index is 13.1. The lowest BCUT2D eigenvalue weighted by Crippen LogP contribution is -2.26. The number of nitrogens with one attached hydrogen (secondary N) is 1. The van der Waals surface area contributed by atoms with Gasteiger partial charge in [-0.15, -0.1) is 0 Å². The van der Waals surface area contributed by atoms with Crippen LogP contribution in [-0.2, 0) is 16.1 Å². The molecular weight excluding hydrogens is 371 g/mol. The van der Waals surface area contributed by atoms with Crippen LogP contribution in [0.15, 0.2) is 42.5 Å². The molecule has 3 N–H and O–H groups in total. The van der Waals surface area contributed by atoms with Gasteiger partial charge in [0.1, 0.15) is 18.5 Å². The summed E-state index contributed by atoms with van der Waals surface area (Å²) >= 11 is 0. The Morgan fingerprint density at radius 2 is 1.93 bits per heavy atom. The first-order chi connectivity index (χ1) is 14.1. The second-order valence-corrected chi connectivity index (χ2v) is 7.91. The minimum atomic E-state index is -0.814. The highest BCUT2D eigenvalue weighted by Crippen LogP contribution is 2.47. The maximum Gasteiger partial charge on any atom is 0.233 e. The van der Waals surface area contributed by atoms with E-state index in [4.69, 9.17) is 15.2 Å². The van der Waals surface area contributed by atoms with E-state index in [2.05, 4.69) is 5.32 Å². The molecule has 2 fully saturated rings. The van der Waals surface area contributed by atoms with Crippen molar-refractivity contribution >= 4 is 11.6 Å². The first kappa shape index (κ1) is 19.9. The number of anilines is 1. The Morgan fingerprint density at radius 3 is 2.62 bits per heavy atom. The second kappa shape index (κ2) is 8.51. The summed E-state index contributed by atoms with van der Waals surface area (Å²) in [6.45, 7) is 1.22. The molecule has 154 valence electrons. The molecule has 0 aromatic heterocycles. The molecule has 0 atom stereocenters. The van der Waals surface area contributed by atoms with Crippen LogP contribution in [0.4, 0.5) is 10.1 Å². The Balaban J connectivity index is 1.51. The van der Waals surface area contributed by atoms with Crippen LogP contribution >= 0.6 is 0 Å². The molecule has 2 aromatic rings. The fraction of sp³-hybridized carbons (Fsp3) is 0.435. The fourth-order valence-electron chi connectivity index (χ4n) is 3.62. The second-order valence-electron chi connectivity index (χ2n) is 7.91. The van der Waals surface area contributed by atoms with Crippen LogP contribution in [0, 0.1) is 5.41 Å². The van der Waals surface area contributed by atoms with Crippen LogP contribution in [0.25, 0.3) is 11.1 Å². The molecule has 4 rings (SSSR count). The van der Waals surface area contributed by atoms with Gasteiger partial charge in [0.25, 0.3) is 0 Å². The minimum Gasteiger partial charge on any atom is -0.490 e. The van der Waals surface area contributed by atoms with E-state index in [0.29, 0.717) is 25.1 Å². The number of hydrogen-bond acceptors (Lipinski definition) is 4. The van der Waals surface area contributed by atoms with E-state index in [9.17, 15) is 9.18 Å². The van der Waals surface area contributed by atoms with E-state index in [1.165, 1.54) is 0 Å². The van der Waals surface area contributed by atoms with Gasteiger partial charge in [0.05, 0.1) is 18.6 Å². The van der Waals surface area contributed by atoms with Gasteiger partial charge in [0.15, 0.2) is 0 Å². The van der Waals surface area contributed by atoms with Crippen molar-refractivity contribution < 1.29 is 18.7 Å². The van der Waals surface area contributed by atoms with Crippen molar-refractivity contribution in [3.05, 3.63) is 48.0 Å². The summed E-state index contributed by atoms with van der Waals surface area (Å²) in [6.07, 6.45) is 3.15. The third kappa shape index (κ3) is 4.43. The predicted octanol–water partition coefficient (Wildman–Crippen LogP) is 4.06. The Morgan fingerprint density at radius 1 is 1.17 bits per heavy atom. The minimum absolute atomic E-state index is 0.156. The van der Waals surface area contributed by atoms with Gasteiger partial charge in [-0.3, -0.25) is 4.79 Å². The monoisotopic (exact) mass is 398 g/mol. The van der Waals surface area contributed by atoms with E-state index in [0.717, 1.165) is 48.5 Å². The summed E-state index contributed by atoms with van der Waals surface area (Å²) in [5, 5.41) is 2.86. The molecule has 1 saturated carbocycles. The summed E-state index contributed by atoms with van der Waals surface area (Å²) in [5.74, 6) is 0.575. The van der Waals surface area contributed by atoms with Crippen LogP contribution in [0.2, 0.25) is 0 Å². The highest BCUT2D eigenvalue weighted by atomic mass is 19.1. The predicted molar refractivity (Wildman–Crippen MR) is 111 cm³/mol. The zero-order valence-corrected chi connectivity index (χ0v) is 16.5. The Hall–Kier alpha value is -2.44. The van der Waals surface area contributed by atoms with Crippen LogP contribution in [0.3, 0.4) is 0 Å².